The normalized spacial score (nSPS) is 11.3. The first-order chi connectivity index (χ1) is 29.8. The maximum Gasteiger partial charge on any atom is 0.0547 e. The molecule has 0 aliphatic heterocycles. The number of benzene rings is 10. The molecule has 0 spiro atoms. The molecule has 0 fully saturated rings. The summed E-state index contributed by atoms with van der Waals surface area (Å²) < 4.78 is 2.39. The van der Waals surface area contributed by atoms with Crippen LogP contribution < -0.4 is 4.90 Å². The lowest BCUT2D eigenvalue weighted by molar-refractivity contribution is 1.18. The molecule has 0 aliphatic carbocycles. The molecule has 1 heterocycles. The first kappa shape index (κ1) is 35.2. The average Bonchev–Trinajstić information content (AvgIpc) is 3.67. The highest BCUT2D eigenvalue weighted by atomic mass is 15.1. The third-order valence-corrected chi connectivity index (χ3v) is 11.8. The zero-order valence-corrected chi connectivity index (χ0v) is 33.0. The smallest absolute Gasteiger partial charge is 0.0547 e. The monoisotopic (exact) mass is 764 g/mol. The maximum atomic E-state index is 2.41. The zero-order valence-electron chi connectivity index (χ0n) is 33.0. The number of hydrogen-bond donors (Lipinski definition) is 0. The van der Waals surface area contributed by atoms with Gasteiger partial charge in [-0.15, -0.1) is 0 Å². The highest BCUT2D eigenvalue weighted by Crippen LogP contribution is 2.46. The van der Waals surface area contributed by atoms with Crippen molar-refractivity contribution in [2.75, 3.05) is 4.90 Å². The van der Waals surface area contributed by atoms with Gasteiger partial charge in [0.2, 0.25) is 0 Å². The van der Waals surface area contributed by atoms with Crippen molar-refractivity contribution in [1.29, 1.82) is 0 Å². The molecular formula is C58H40N2. The second-order valence-electron chi connectivity index (χ2n) is 15.3. The number of nitrogens with zero attached hydrogens (tertiary/aromatic N) is 2. The van der Waals surface area contributed by atoms with E-state index in [0.29, 0.717) is 0 Å². The molecule has 1 aromatic heterocycles. The third kappa shape index (κ3) is 6.32. The van der Waals surface area contributed by atoms with Crippen molar-refractivity contribution >= 4 is 49.6 Å². The van der Waals surface area contributed by atoms with Crippen LogP contribution in [0.1, 0.15) is 0 Å². The van der Waals surface area contributed by atoms with Crippen molar-refractivity contribution in [3.05, 3.63) is 243 Å². The Morgan fingerprint density at radius 3 is 1.48 bits per heavy atom. The molecule has 60 heavy (non-hydrogen) atoms. The fraction of sp³-hybridized carbons (Fsp3) is 0. The van der Waals surface area contributed by atoms with Crippen LogP contribution in [0.4, 0.5) is 17.1 Å². The standard InChI is InChI=1S/C58H40N2/c1-3-14-41(15-4-1)44-32-36-50(37-33-44)59(51-38-34-45(35-39-51)43-26-28-46(29-27-43)48-31-30-42-16-7-8-17-47(42)40-48)55-23-11-9-20-52(55)53-22-13-25-57-58(53)54-21-10-12-24-56(54)60(57)49-18-5-2-6-19-49/h1-40H. The molecule has 0 N–H and O–H groups in total. The molecule has 0 radical (unpaired) electrons. The van der Waals surface area contributed by atoms with Crippen molar-refractivity contribution in [1.82, 2.24) is 4.57 Å². The third-order valence-electron chi connectivity index (χ3n) is 11.8. The van der Waals surface area contributed by atoms with E-state index in [4.69, 9.17) is 0 Å². The summed E-state index contributed by atoms with van der Waals surface area (Å²) in [6.07, 6.45) is 0. The molecule has 10 aromatic carbocycles. The fourth-order valence-electron chi connectivity index (χ4n) is 8.88. The average molecular weight is 765 g/mol. The summed E-state index contributed by atoms with van der Waals surface area (Å²) >= 11 is 0. The molecule has 282 valence electrons. The second-order valence-corrected chi connectivity index (χ2v) is 15.3. The SMILES string of the molecule is c1ccc(-c2ccc(N(c3ccc(-c4ccc(-c5ccc6ccccc6c5)cc4)cc3)c3ccccc3-c3cccc4c3c3ccccc3n4-c3ccccc3)cc2)cc1. The van der Waals surface area contributed by atoms with Gasteiger partial charge in [-0.2, -0.15) is 0 Å². The van der Waals surface area contributed by atoms with Crippen LogP contribution in [-0.4, -0.2) is 4.57 Å². The lowest BCUT2D eigenvalue weighted by Gasteiger charge is -2.28. The van der Waals surface area contributed by atoms with E-state index >= 15 is 0 Å². The van der Waals surface area contributed by atoms with Gasteiger partial charge in [-0.1, -0.05) is 182 Å². The fourth-order valence-corrected chi connectivity index (χ4v) is 8.88. The molecule has 0 saturated heterocycles. The van der Waals surface area contributed by atoms with E-state index in [9.17, 15) is 0 Å². The Morgan fingerprint density at radius 2 is 0.783 bits per heavy atom. The molecule has 0 bridgehead atoms. The molecule has 0 aliphatic rings. The van der Waals surface area contributed by atoms with Crippen molar-refractivity contribution in [3.8, 4) is 50.2 Å². The summed E-state index contributed by atoms with van der Waals surface area (Å²) in [5, 5.41) is 4.99. The van der Waals surface area contributed by atoms with Gasteiger partial charge in [0.25, 0.3) is 0 Å². The topological polar surface area (TPSA) is 8.17 Å². The molecule has 0 unspecified atom stereocenters. The quantitative estimate of drug-likeness (QED) is 0.150. The van der Waals surface area contributed by atoms with E-state index in [1.165, 1.54) is 77.1 Å². The number of rotatable bonds is 8. The summed E-state index contributed by atoms with van der Waals surface area (Å²) in [4.78, 5) is 2.41. The number of fused-ring (bicyclic) bond motifs is 4. The van der Waals surface area contributed by atoms with Crippen LogP contribution in [0.2, 0.25) is 0 Å². The Kier molecular flexibility index (Phi) is 8.87. The Labute approximate surface area is 350 Å². The molecular weight excluding hydrogens is 725 g/mol. The van der Waals surface area contributed by atoms with Crippen molar-refractivity contribution < 1.29 is 0 Å². The number of hydrogen-bond acceptors (Lipinski definition) is 1. The van der Waals surface area contributed by atoms with Crippen LogP contribution >= 0.6 is 0 Å². The summed E-state index contributed by atoms with van der Waals surface area (Å²) in [5.74, 6) is 0. The van der Waals surface area contributed by atoms with Gasteiger partial charge in [0.1, 0.15) is 0 Å². The number of aromatic nitrogens is 1. The highest BCUT2D eigenvalue weighted by Gasteiger charge is 2.21. The van der Waals surface area contributed by atoms with Gasteiger partial charge in [-0.3, -0.25) is 0 Å². The minimum Gasteiger partial charge on any atom is -0.310 e. The van der Waals surface area contributed by atoms with Gasteiger partial charge in [0.15, 0.2) is 0 Å². The largest absolute Gasteiger partial charge is 0.310 e. The summed E-state index contributed by atoms with van der Waals surface area (Å²) in [5.41, 5.74) is 16.4. The lowest BCUT2D eigenvalue weighted by atomic mass is 9.96. The van der Waals surface area contributed by atoms with Gasteiger partial charge in [0.05, 0.1) is 16.7 Å². The Hall–Kier alpha value is -7.94. The molecule has 0 atom stereocenters. The van der Waals surface area contributed by atoms with Crippen molar-refractivity contribution in [3.63, 3.8) is 0 Å². The lowest BCUT2D eigenvalue weighted by Crippen LogP contribution is -2.11. The molecule has 11 aromatic rings. The van der Waals surface area contributed by atoms with Crippen LogP contribution in [0.5, 0.6) is 0 Å². The maximum absolute atomic E-state index is 2.41. The summed E-state index contributed by atoms with van der Waals surface area (Å²) in [6, 6.07) is 87.8. The van der Waals surface area contributed by atoms with E-state index in [2.05, 4.69) is 252 Å². The molecule has 2 heteroatoms. The first-order valence-electron chi connectivity index (χ1n) is 20.6. The zero-order chi connectivity index (χ0) is 39.8. The van der Waals surface area contributed by atoms with Gasteiger partial charge < -0.3 is 9.47 Å². The van der Waals surface area contributed by atoms with Crippen molar-refractivity contribution in [2.45, 2.75) is 0 Å². The first-order valence-corrected chi connectivity index (χ1v) is 20.6. The number of para-hydroxylation sites is 3. The van der Waals surface area contributed by atoms with Crippen LogP contribution in [0, 0.1) is 0 Å². The Bertz CT molecular complexity index is 3270. The minimum atomic E-state index is 1.09. The van der Waals surface area contributed by atoms with E-state index in [0.717, 1.165) is 22.7 Å². The van der Waals surface area contributed by atoms with E-state index in [-0.39, 0.29) is 0 Å². The minimum absolute atomic E-state index is 1.09. The van der Waals surface area contributed by atoms with Crippen LogP contribution in [-0.2, 0) is 0 Å². The Balaban J connectivity index is 1.03. The predicted molar refractivity (Wildman–Crippen MR) is 255 cm³/mol. The van der Waals surface area contributed by atoms with Crippen molar-refractivity contribution in [2.24, 2.45) is 0 Å². The van der Waals surface area contributed by atoms with Gasteiger partial charge in [-0.25, -0.2) is 0 Å². The summed E-state index contributed by atoms with van der Waals surface area (Å²) in [6.45, 7) is 0. The van der Waals surface area contributed by atoms with E-state index < -0.39 is 0 Å². The Morgan fingerprint density at radius 1 is 0.300 bits per heavy atom. The van der Waals surface area contributed by atoms with Crippen LogP contribution in [0.15, 0.2) is 243 Å². The highest BCUT2D eigenvalue weighted by molar-refractivity contribution is 6.17. The predicted octanol–water partition coefficient (Wildman–Crippen LogP) is 16.1. The van der Waals surface area contributed by atoms with Crippen LogP contribution in [0.25, 0.3) is 82.8 Å². The molecule has 0 amide bonds. The van der Waals surface area contributed by atoms with E-state index in [1.54, 1.807) is 0 Å². The second kappa shape index (κ2) is 15.1. The molecule has 2 nitrogen and oxygen atoms in total. The van der Waals surface area contributed by atoms with Gasteiger partial charge >= 0.3 is 0 Å². The van der Waals surface area contributed by atoms with Crippen LogP contribution in [0.3, 0.4) is 0 Å². The summed E-state index contributed by atoms with van der Waals surface area (Å²) in [7, 11) is 0. The van der Waals surface area contributed by atoms with Gasteiger partial charge in [-0.05, 0) is 110 Å². The van der Waals surface area contributed by atoms with E-state index in [1.807, 2.05) is 0 Å². The number of anilines is 3. The van der Waals surface area contributed by atoms with Gasteiger partial charge in [0, 0.05) is 33.4 Å². The molecule has 11 rings (SSSR count). The molecule has 0 saturated carbocycles.